The van der Waals surface area contributed by atoms with Crippen LogP contribution in [0.25, 0.3) is 0 Å². The first-order valence-electron chi connectivity index (χ1n) is 9.98. The quantitative estimate of drug-likeness (QED) is 0.659. The van der Waals surface area contributed by atoms with E-state index < -0.39 is 0 Å². The largest absolute Gasteiger partial charge is 0.497 e. The van der Waals surface area contributed by atoms with Crippen LogP contribution in [0.15, 0.2) is 54.6 Å². The van der Waals surface area contributed by atoms with Crippen LogP contribution in [0.1, 0.15) is 44.0 Å². The molecule has 2 rings (SSSR count). The van der Waals surface area contributed by atoms with Gasteiger partial charge in [-0.15, -0.1) is 0 Å². The fourth-order valence-corrected chi connectivity index (χ4v) is 3.46. The van der Waals surface area contributed by atoms with E-state index in [1.165, 1.54) is 0 Å². The van der Waals surface area contributed by atoms with Crippen molar-refractivity contribution in [2.45, 2.75) is 32.9 Å². The maximum Gasteiger partial charge on any atom is 0.224 e. The van der Waals surface area contributed by atoms with Gasteiger partial charge in [-0.25, -0.2) is 0 Å². The van der Waals surface area contributed by atoms with Gasteiger partial charge in [-0.2, -0.15) is 0 Å². The van der Waals surface area contributed by atoms with E-state index in [9.17, 15) is 4.79 Å². The molecule has 0 aliphatic carbocycles. The van der Waals surface area contributed by atoms with Crippen molar-refractivity contribution in [2.24, 2.45) is 11.7 Å². The Balaban J connectivity index is 2.10. The zero-order valence-electron chi connectivity index (χ0n) is 17.4. The maximum absolute atomic E-state index is 12.8. The van der Waals surface area contributed by atoms with E-state index in [2.05, 4.69) is 30.1 Å². The first kappa shape index (κ1) is 21.9. The molecule has 0 aromatic heterocycles. The summed E-state index contributed by atoms with van der Waals surface area (Å²) in [4.78, 5) is 15.1. The number of methoxy groups -OCH3 is 1. The zero-order valence-corrected chi connectivity index (χ0v) is 17.4. The number of hydrogen-bond acceptors (Lipinski definition) is 4. The lowest BCUT2D eigenvalue weighted by atomic mass is 9.94. The van der Waals surface area contributed by atoms with E-state index in [1.807, 2.05) is 55.5 Å². The lowest BCUT2D eigenvalue weighted by Gasteiger charge is -2.31. The SMILES string of the molecule is CCN(CC)C(CNC(=O)C(C)C(N)c1ccccc1)c1cccc(OC)c1. The Morgan fingerprint density at radius 1 is 1.07 bits per heavy atom. The molecule has 5 nitrogen and oxygen atoms in total. The lowest BCUT2D eigenvalue weighted by Crippen LogP contribution is -2.41. The molecule has 0 aliphatic heterocycles. The molecule has 0 spiro atoms. The van der Waals surface area contributed by atoms with E-state index in [-0.39, 0.29) is 23.9 Å². The number of amides is 1. The molecule has 0 saturated carbocycles. The normalized spacial score (nSPS) is 14.4. The molecular weight excluding hydrogens is 350 g/mol. The number of nitrogens with zero attached hydrogens (tertiary/aromatic N) is 1. The van der Waals surface area contributed by atoms with Gasteiger partial charge < -0.3 is 15.8 Å². The van der Waals surface area contributed by atoms with Crippen molar-refractivity contribution in [3.8, 4) is 5.75 Å². The molecule has 0 saturated heterocycles. The Kier molecular flexibility index (Phi) is 8.48. The van der Waals surface area contributed by atoms with Crippen molar-refractivity contribution in [1.82, 2.24) is 10.2 Å². The highest BCUT2D eigenvalue weighted by atomic mass is 16.5. The van der Waals surface area contributed by atoms with Gasteiger partial charge in [-0.3, -0.25) is 9.69 Å². The Labute approximate surface area is 168 Å². The summed E-state index contributed by atoms with van der Waals surface area (Å²) in [5, 5.41) is 3.12. The first-order valence-corrected chi connectivity index (χ1v) is 9.98. The smallest absolute Gasteiger partial charge is 0.224 e. The van der Waals surface area contributed by atoms with Crippen LogP contribution >= 0.6 is 0 Å². The molecule has 0 bridgehead atoms. The van der Waals surface area contributed by atoms with Crippen molar-refractivity contribution >= 4 is 5.91 Å². The molecule has 0 radical (unpaired) electrons. The van der Waals surface area contributed by atoms with Gasteiger partial charge >= 0.3 is 0 Å². The van der Waals surface area contributed by atoms with Crippen LogP contribution in [0.3, 0.4) is 0 Å². The zero-order chi connectivity index (χ0) is 20.5. The third-order valence-electron chi connectivity index (χ3n) is 5.34. The van der Waals surface area contributed by atoms with Crippen LogP contribution in [0, 0.1) is 5.92 Å². The summed E-state index contributed by atoms with van der Waals surface area (Å²) in [6.45, 7) is 8.46. The van der Waals surface area contributed by atoms with Crippen molar-refractivity contribution < 1.29 is 9.53 Å². The van der Waals surface area contributed by atoms with Crippen molar-refractivity contribution in [2.75, 3.05) is 26.7 Å². The Hall–Kier alpha value is -2.37. The monoisotopic (exact) mass is 383 g/mol. The van der Waals surface area contributed by atoms with Gasteiger partial charge in [-0.05, 0) is 36.3 Å². The Morgan fingerprint density at radius 3 is 2.32 bits per heavy atom. The summed E-state index contributed by atoms with van der Waals surface area (Å²) in [5.41, 5.74) is 8.42. The average molecular weight is 384 g/mol. The van der Waals surface area contributed by atoms with Crippen LogP contribution in [0.4, 0.5) is 0 Å². The number of carbonyl (C=O) groups is 1. The fraction of sp³-hybridized carbons (Fsp3) is 0.435. The molecular formula is C23H33N3O2. The maximum atomic E-state index is 12.8. The predicted octanol–water partition coefficient (Wildman–Crippen LogP) is 3.53. The molecule has 0 aliphatic rings. The molecule has 0 fully saturated rings. The highest BCUT2D eigenvalue weighted by Gasteiger charge is 2.24. The molecule has 152 valence electrons. The summed E-state index contributed by atoms with van der Waals surface area (Å²) in [7, 11) is 1.67. The van der Waals surface area contributed by atoms with Gasteiger partial charge in [0.15, 0.2) is 0 Å². The molecule has 0 heterocycles. The van der Waals surface area contributed by atoms with E-state index in [1.54, 1.807) is 7.11 Å². The van der Waals surface area contributed by atoms with E-state index in [0.717, 1.165) is 30.0 Å². The van der Waals surface area contributed by atoms with E-state index >= 15 is 0 Å². The van der Waals surface area contributed by atoms with Crippen molar-refractivity contribution in [3.63, 3.8) is 0 Å². The number of hydrogen-bond donors (Lipinski definition) is 2. The number of carbonyl (C=O) groups excluding carboxylic acids is 1. The molecule has 3 unspecified atom stereocenters. The number of benzene rings is 2. The number of nitrogens with one attached hydrogen (secondary N) is 1. The molecule has 1 amide bonds. The van der Waals surface area contributed by atoms with Crippen molar-refractivity contribution in [1.29, 1.82) is 0 Å². The molecule has 5 heteroatoms. The first-order chi connectivity index (χ1) is 13.5. The van der Waals surface area contributed by atoms with E-state index in [0.29, 0.717) is 6.54 Å². The van der Waals surface area contributed by atoms with Gasteiger partial charge in [0.2, 0.25) is 5.91 Å². The van der Waals surface area contributed by atoms with Crippen LogP contribution < -0.4 is 15.8 Å². The number of ether oxygens (including phenoxy) is 1. The third kappa shape index (κ3) is 5.57. The summed E-state index contributed by atoms with van der Waals surface area (Å²) in [6.07, 6.45) is 0. The third-order valence-corrected chi connectivity index (χ3v) is 5.34. The summed E-state index contributed by atoms with van der Waals surface area (Å²) in [6, 6.07) is 17.5. The standard InChI is InChI=1S/C23H33N3O2/c1-5-26(6-2)21(19-13-10-14-20(15-19)28-4)16-25-23(27)17(3)22(24)18-11-8-7-9-12-18/h7-15,17,21-22H,5-6,16,24H2,1-4H3,(H,25,27). The Morgan fingerprint density at radius 2 is 1.71 bits per heavy atom. The molecule has 3 atom stereocenters. The van der Waals surface area contributed by atoms with Gasteiger partial charge in [0.1, 0.15) is 5.75 Å². The minimum absolute atomic E-state index is 0.0311. The lowest BCUT2D eigenvalue weighted by molar-refractivity contribution is -0.125. The Bertz CT molecular complexity index is 732. The second kappa shape index (κ2) is 10.8. The molecule has 3 N–H and O–H groups in total. The fourth-order valence-electron chi connectivity index (χ4n) is 3.46. The van der Waals surface area contributed by atoms with Gasteiger partial charge in [0.25, 0.3) is 0 Å². The highest BCUT2D eigenvalue weighted by molar-refractivity contribution is 5.79. The topological polar surface area (TPSA) is 67.6 Å². The van der Waals surface area contributed by atoms with Gasteiger partial charge in [0, 0.05) is 12.6 Å². The molecule has 28 heavy (non-hydrogen) atoms. The van der Waals surface area contributed by atoms with Crippen molar-refractivity contribution in [3.05, 3.63) is 65.7 Å². The molecule has 2 aromatic rings. The van der Waals surface area contributed by atoms with Gasteiger partial charge in [0.05, 0.1) is 19.1 Å². The van der Waals surface area contributed by atoms with Gasteiger partial charge in [-0.1, -0.05) is 63.2 Å². The minimum atomic E-state index is -0.329. The van der Waals surface area contributed by atoms with E-state index in [4.69, 9.17) is 10.5 Å². The minimum Gasteiger partial charge on any atom is -0.497 e. The van der Waals surface area contributed by atoms with Crippen LogP contribution in [0.5, 0.6) is 5.75 Å². The van der Waals surface area contributed by atoms with Crippen LogP contribution in [-0.4, -0.2) is 37.6 Å². The summed E-state index contributed by atoms with van der Waals surface area (Å²) < 4.78 is 5.37. The number of likely N-dealkylation sites (N-methyl/N-ethyl adjacent to an activating group) is 1. The summed E-state index contributed by atoms with van der Waals surface area (Å²) in [5.74, 6) is 0.474. The predicted molar refractivity (Wildman–Crippen MR) is 114 cm³/mol. The summed E-state index contributed by atoms with van der Waals surface area (Å²) >= 11 is 0. The highest BCUT2D eigenvalue weighted by Crippen LogP contribution is 2.24. The second-order valence-electron chi connectivity index (χ2n) is 6.98. The number of nitrogens with two attached hydrogens (primary N) is 1. The average Bonchev–Trinajstić information content (AvgIpc) is 2.75. The van der Waals surface area contributed by atoms with Crippen LogP contribution in [-0.2, 0) is 4.79 Å². The molecule has 2 aromatic carbocycles. The number of rotatable bonds is 10. The second-order valence-corrected chi connectivity index (χ2v) is 6.98. The van der Waals surface area contributed by atoms with Crippen LogP contribution in [0.2, 0.25) is 0 Å².